The molecule has 1 aromatic rings. The van der Waals surface area contributed by atoms with Gasteiger partial charge in [-0.1, -0.05) is 18.5 Å². The third kappa shape index (κ3) is 2.94. The monoisotopic (exact) mass is 279 g/mol. The summed E-state index contributed by atoms with van der Waals surface area (Å²) in [6.07, 6.45) is 5.24. The van der Waals surface area contributed by atoms with Crippen LogP contribution in [0.3, 0.4) is 0 Å². The first-order valence-electron chi connectivity index (χ1n) is 7.10. The van der Waals surface area contributed by atoms with Crippen molar-refractivity contribution in [2.45, 2.75) is 52.0 Å². The second kappa shape index (κ2) is 5.96. The van der Waals surface area contributed by atoms with Crippen LogP contribution < -0.4 is 4.90 Å². The van der Waals surface area contributed by atoms with Crippen molar-refractivity contribution in [1.29, 1.82) is 0 Å². The van der Waals surface area contributed by atoms with Crippen molar-refractivity contribution in [3.8, 4) is 0 Å². The normalized spacial score (nSPS) is 15.2. The Hall–Kier alpha value is -1.02. The topological polar surface area (TPSA) is 20.3 Å². The van der Waals surface area contributed by atoms with Crippen molar-refractivity contribution >= 4 is 23.1 Å². The minimum absolute atomic E-state index is 0.200. The van der Waals surface area contributed by atoms with Crippen LogP contribution in [0.2, 0.25) is 5.02 Å². The molecule has 0 atom stereocenters. The number of carbonyl (C=O) groups excluding carboxylic acids is 1. The van der Waals surface area contributed by atoms with Crippen LogP contribution in [0.25, 0.3) is 0 Å². The number of benzene rings is 1. The Morgan fingerprint density at radius 2 is 2.11 bits per heavy atom. The van der Waals surface area contributed by atoms with Crippen LogP contribution in [-0.4, -0.2) is 18.9 Å². The summed E-state index contributed by atoms with van der Waals surface area (Å²) in [5, 5.41) is 0.659. The average Bonchev–Trinajstić information content (AvgIpc) is 2.29. The van der Waals surface area contributed by atoms with Crippen molar-refractivity contribution in [2.24, 2.45) is 0 Å². The third-order valence-electron chi connectivity index (χ3n) is 4.12. The van der Waals surface area contributed by atoms with Gasteiger partial charge < -0.3 is 4.90 Å². The summed E-state index contributed by atoms with van der Waals surface area (Å²) in [6.45, 7) is 4.06. The molecule has 3 heteroatoms. The maximum atomic E-state index is 12.2. The lowest BCUT2D eigenvalue weighted by Gasteiger charge is -2.37. The van der Waals surface area contributed by atoms with Crippen molar-refractivity contribution in [3.05, 3.63) is 28.3 Å². The van der Waals surface area contributed by atoms with E-state index >= 15 is 0 Å². The first-order valence-corrected chi connectivity index (χ1v) is 7.48. The van der Waals surface area contributed by atoms with E-state index in [1.165, 1.54) is 19.3 Å². The molecule has 1 saturated carbocycles. The van der Waals surface area contributed by atoms with Gasteiger partial charge >= 0.3 is 0 Å². The Kier molecular flexibility index (Phi) is 4.51. The number of carbonyl (C=O) groups is 1. The van der Waals surface area contributed by atoms with Gasteiger partial charge in [-0.2, -0.15) is 0 Å². The van der Waals surface area contributed by atoms with E-state index in [-0.39, 0.29) is 5.78 Å². The number of Topliss-reactive ketones (excluding diaryl/α,β-unsaturated/α-hetero) is 1. The highest BCUT2D eigenvalue weighted by molar-refractivity contribution is 6.31. The summed E-state index contributed by atoms with van der Waals surface area (Å²) >= 11 is 6.20. The molecule has 0 bridgehead atoms. The molecule has 0 heterocycles. The van der Waals surface area contributed by atoms with Crippen LogP contribution in [0.5, 0.6) is 0 Å². The number of anilines is 1. The summed E-state index contributed by atoms with van der Waals surface area (Å²) in [4.78, 5) is 14.5. The minimum Gasteiger partial charge on any atom is -0.371 e. The lowest BCUT2D eigenvalue weighted by atomic mass is 9.90. The van der Waals surface area contributed by atoms with Gasteiger partial charge in [-0.25, -0.2) is 0 Å². The van der Waals surface area contributed by atoms with Crippen LogP contribution in [0.15, 0.2) is 12.1 Å². The molecule has 1 aromatic carbocycles. The van der Waals surface area contributed by atoms with E-state index < -0.39 is 0 Å². The summed E-state index contributed by atoms with van der Waals surface area (Å²) in [7, 11) is 2.11. The van der Waals surface area contributed by atoms with Crippen LogP contribution in [0.1, 0.15) is 54.9 Å². The highest BCUT2D eigenvalue weighted by Gasteiger charge is 2.24. The molecule has 2 nitrogen and oxygen atoms in total. The Bertz CT molecular complexity index is 480. The number of halogens is 1. The number of hydrogen-bond donors (Lipinski definition) is 0. The number of nitrogens with zero attached hydrogens (tertiary/aromatic N) is 1. The van der Waals surface area contributed by atoms with Crippen LogP contribution in [0, 0.1) is 6.92 Å². The first-order chi connectivity index (χ1) is 9.04. The molecule has 0 aromatic heterocycles. The third-order valence-corrected chi connectivity index (χ3v) is 4.34. The smallest absolute Gasteiger partial charge is 0.163 e. The molecule has 0 saturated heterocycles. The zero-order chi connectivity index (χ0) is 14.0. The zero-order valence-corrected chi connectivity index (χ0v) is 12.8. The Labute approximate surface area is 120 Å². The van der Waals surface area contributed by atoms with Crippen molar-refractivity contribution in [3.63, 3.8) is 0 Å². The van der Waals surface area contributed by atoms with Crippen molar-refractivity contribution in [2.75, 3.05) is 11.9 Å². The molecule has 0 unspecified atom stereocenters. The standard InChI is InChI=1S/C16H22ClNO/c1-4-6-16(19)14-9-12(17)10-15(11(14)2)18(3)13-7-5-8-13/h9-10,13H,4-8H2,1-3H3. The molecule has 0 spiro atoms. The lowest BCUT2D eigenvalue weighted by Crippen LogP contribution is -2.37. The second-order valence-corrected chi connectivity index (χ2v) is 5.90. The fraction of sp³-hybridized carbons (Fsp3) is 0.562. The van der Waals surface area contributed by atoms with Gasteiger partial charge in [-0.15, -0.1) is 0 Å². The van der Waals surface area contributed by atoms with Crippen molar-refractivity contribution < 1.29 is 4.79 Å². The fourth-order valence-corrected chi connectivity index (χ4v) is 2.87. The van der Waals surface area contributed by atoms with Gasteiger partial charge in [0.15, 0.2) is 5.78 Å². The van der Waals surface area contributed by atoms with Gasteiger partial charge in [0.1, 0.15) is 0 Å². The van der Waals surface area contributed by atoms with Gasteiger partial charge in [0.05, 0.1) is 0 Å². The van der Waals surface area contributed by atoms with Crippen LogP contribution in [-0.2, 0) is 0 Å². The highest BCUT2D eigenvalue weighted by atomic mass is 35.5. The Morgan fingerprint density at radius 1 is 1.42 bits per heavy atom. The molecule has 0 radical (unpaired) electrons. The van der Waals surface area contributed by atoms with Gasteiger partial charge in [-0.3, -0.25) is 4.79 Å². The predicted octanol–water partition coefficient (Wildman–Crippen LogP) is 4.62. The van der Waals surface area contributed by atoms with Gasteiger partial charge in [0.25, 0.3) is 0 Å². The SMILES string of the molecule is CCCC(=O)c1cc(Cl)cc(N(C)C2CCC2)c1C. The van der Waals surface area contributed by atoms with Crippen LogP contribution in [0.4, 0.5) is 5.69 Å². The first kappa shape index (κ1) is 14.4. The van der Waals surface area contributed by atoms with E-state index in [0.29, 0.717) is 17.5 Å². The molecule has 2 rings (SSSR count). The average molecular weight is 280 g/mol. The molecule has 1 aliphatic carbocycles. The fourth-order valence-electron chi connectivity index (χ4n) is 2.65. The Morgan fingerprint density at radius 3 is 2.63 bits per heavy atom. The van der Waals surface area contributed by atoms with Gasteiger partial charge in [0, 0.05) is 35.8 Å². The molecular weight excluding hydrogens is 258 g/mol. The molecule has 1 aliphatic rings. The number of ketones is 1. The molecule has 19 heavy (non-hydrogen) atoms. The number of rotatable bonds is 5. The molecule has 1 fully saturated rings. The lowest BCUT2D eigenvalue weighted by molar-refractivity contribution is 0.0981. The molecule has 0 N–H and O–H groups in total. The van der Waals surface area contributed by atoms with E-state index in [1.54, 1.807) is 0 Å². The molecular formula is C16H22ClNO. The zero-order valence-electron chi connectivity index (χ0n) is 12.0. The van der Waals surface area contributed by atoms with E-state index in [9.17, 15) is 4.79 Å². The maximum absolute atomic E-state index is 12.2. The molecule has 0 aliphatic heterocycles. The van der Waals surface area contributed by atoms with Crippen molar-refractivity contribution in [1.82, 2.24) is 0 Å². The van der Waals surface area contributed by atoms with E-state index in [1.807, 2.05) is 26.0 Å². The largest absolute Gasteiger partial charge is 0.371 e. The van der Waals surface area contributed by atoms with E-state index in [2.05, 4.69) is 11.9 Å². The van der Waals surface area contributed by atoms with E-state index in [0.717, 1.165) is 23.2 Å². The van der Waals surface area contributed by atoms with Gasteiger partial charge in [-0.05, 0) is 50.3 Å². The summed E-state index contributed by atoms with van der Waals surface area (Å²) in [6, 6.07) is 4.40. The summed E-state index contributed by atoms with van der Waals surface area (Å²) in [5.41, 5.74) is 2.96. The summed E-state index contributed by atoms with van der Waals surface area (Å²) < 4.78 is 0. The number of hydrogen-bond acceptors (Lipinski definition) is 2. The second-order valence-electron chi connectivity index (χ2n) is 5.47. The quantitative estimate of drug-likeness (QED) is 0.733. The minimum atomic E-state index is 0.200. The maximum Gasteiger partial charge on any atom is 0.163 e. The molecule has 104 valence electrons. The van der Waals surface area contributed by atoms with Crippen LogP contribution >= 0.6 is 11.6 Å². The molecule has 0 amide bonds. The van der Waals surface area contributed by atoms with E-state index in [4.69, 9.17) is 11.6 Å². The predicted molar refractivity (Wildman–Crippen MR) is 81.5 cm³/mol. The summed E-state index contributed by atoms with van der Waals surface area (Å²) in [5.74, 6) is 0.200. The highest BCUT2D eigenvalue weighted by Crippen LogP contribution is 2.34. The Balaban J connectivity index is 2.35. The van der Waals surface area contributed by atoms with Gasteiger partial charge in [0.2, 0.25) is 0 Å².